The predicted molar refractivity (Wildman–Crippen MR) is 116 cm³/mol. The lowest BCUT2D eigenvalue weighted by Gasteiger charge is -2.34. The van der Waals surface area contributed by atoms with Crippen molar-refractivity contribution in [3.8, 4) is 0 Å². The zero-order chi connectivity index (χ0) is 20.6. The molecule has 4 rings (SSSR count). The number of nitrogens with zero attached hydrogens (tertiary/aromatic N) is 2. The number of hydrogen-bond donors (Lipinski definition) is 1. The van der Waals surface area contributed by atoms with Crippen LogP contribution in [0.15, 0.2) is 52.9 Å². The molecular formula is C21H23N3O3S2. The molecule has 0 saturated carbocycles. The zero-order valence-electron chi connectivity index (χ0n) is 16.3. The second kappa shape index (κ2) is 7.85. The third kappa shape index (κ3) is 4.19. The summed E-state index contributed by atoms with van der Waals surface area (Å²) in [6.45, 7) is 5.23. The molecule has 1 aliphatic heterocycles. The van der Waals surface area contributed by atoms with E-state index in [0.717, 1.165) is 16.6 Å². The van der Waals surface area contributed by atoms with Gasteiger partial charge in [-0.05, 0) is 60.7 Å². The van der Waals surface area contributed by atoms with Crippen molar-refractivity contribution >= 4 is 43.2 Å². The lowest BCUT2D eigenvalue weighted by Crippen LogP contribution is -2.42. The molecule has 6 nitrogen and oxygen atoms in total. The Morgan fingerprint density at radius 2 is 1.79 bits per heavy atom. The van der Waals surface area contributed by atoms with Crippen molar-refractivity contribution in [2.45, 2.75) is 25.2 Å². The summed E-state index contributed by atoms with van der Waals surface area (Å²) < 4.78 is 28.5. The van der Waals surface area contributed by atoms with Gasteiger partial charge in [0.05, 0.1) is 20.6 Å². The number of anilines is 1. The molecule has 1 saturated heterocycles. The molecule has 3 aromatic rings. The summed E-state index contributed by atoms with van der Waals surface area (Å²) in [5.41, 5.74) is 3.75. The van der Waals surface area contributed by atoms with E-state index in [1.807, 2.05) is 12.1 Å². The molecule has 0 unspecified atom stereocenters. The van der Waals surface area contributed by atoms with Crippen molar-refractivity contribution in [3.05, 3.63) is 53.5 Å². The molecule has 1 N–H and O–H groups in total. The first-order chi connectivity index (χ1) is 13.8. The molecular weight excluding hydrogens is 406 g/mol. The highest BCUT2D eigenvalue weighted by molar-refractivity contribution is 7.89. The van der Waals surface area contributed by atoms with Crippen molar-refractivity contribution in [3.63, 3.8) is 0 Å². The number of rotatable bonds is 4. The van der Waals surface area contributed by atoms with E-state index in [2.05, 4.69) is 24.1 Å². The third-order valence-corrected chi connectivity index (χ3v) is 7.82. The van der Waals surface area contributed by atoms with Gasteiger partial charge in [0.2, 0.25) is 10.0 Å². The van der Waals surface area contributed by atoms with Crippen LogP contribution in [0, 0.1) is 11.8 Å². The van der Waals surface area contributed by atoms with E-state index in [-0.39, 0.29) is 10.8 Å². The fourth-order valence-corrected chi connectivity index (χ4v) is 6.26. The highest BCUT2D eigenvalue weighted by Crippen LogP contribution is 2.27. The number of amides is 1. The monoisotopic (exact) mass is 429 g/mol. The number of aromatic nitrogens is 1. The van der Waals surface area contributed by atoms with Crippen molar-refractivity contribution in [2.75, 3.05) is 18.4 Å². The second-order valence-corrected chi connectivity index (χ2v) is 10.6. The molecule has 8 heteroatoms. The van der Waals surface area contributed by atoms with Gasteiger partial charge in [-0.1, -0.05) is 13.8 Å². The van der Waals surface area contributed by atoms with Crippen LogP contribution in [0.3, 0.4) is 0 Å². The van der Waals surface area contributed by atoms with Gasteiger partial charge in [0.25, 0.3) is 5.91 Å². The summed E-state index contributed by atoms with van der Waals surface area (Å²) in [7, 11) is -3.55. The number of piperidine rings is 1. The maximum absolute atomic E-state index is 13.0. The number of carbonyl (C=O) groups is 1. The number of benzene rings is 2. The maximum Gasteiger partial charge on any atom is 0.255 e. The van der Waals surface area contributed by atoms with Gasteiger partial charge in [0.15, 0.2) is 0 Å². The first-order valence-corrected chi connectivity index (χ1v) is 11.9. The smallest absolute Gasteiger partial charge is 0.255 e. The quantitative estimate of drug-likeness (QED) is 0.674. The van der Waals surface area contributed by atoms with Gasteiger partial charge in [0, 0.05) is 24.3 Å². The fraction of sp³-hybridized carbons (Fsp3) is 0.333. The number of hydrogen-bond acceptors (Lipinski definition) is 5. The summed E-state index contributed by atoms with van der Waals surface area (Å²) in [6.07, 6.45) is 1.04. The molecule has 1 aromatic heterocycles. The van der Waals surface area contributed by atoms with Gasteiger partial charge in [-0.3, -0.25) is 4.79 Å². The van der Waals surface area contributed by atoms with Crippen molar-refractivity contribution in [1.82, 2.24) is 9.29 Å². The van der Waals surface area contributed by atoms with E-state index >= 15 is 0 Å². The maximum atomic E-state index is 13.0. The minimum absolute atomic E-state index is 0.224. The Balaban J connectivity index is 1.50. The molecule has 2 aromatic carbocycles. The minimum atomic E-state index is -3.55. The SMILES string of the molecule is C[C@@H]1C[C@@H](C)CN(S(=O)(=O)c2ccc(C(=O)Nc3ccc4ncsc4c3)cc2)C1. The molecule has 29 heavy (non-hydrogen) atoms. The number of fused-ring (bicyclic) bond motifs is 1. The van der Waals surface area contributed by atoms with Crippen molar-refractivity contribution in [2.24, 2.45) is 11.8 Å². The van der Waals surface area contributed by atoms with Gasteiger partial charge in [-0.25, -0.2) is 13.4 Å². The van der Waals surface area contributed by atoms with Crippen LogP contribution in [-0.2, 0) is 10.0 Å². The normalized spacial score (nSPS) is 20.6. The number of thiazole rings is 1. The Morgan fingerprint density at radius 3 is 2.48 bits per heavy atom. The molecule has 0 spiro atoms. The van der Waals surface area contributed by atoms with Crippen LogP contribution < -0.4 is 5.32 Å². The molecule has 0 aliphatic carbocycles. The van der Waals surface area contributed by atoms with E-state index in [1.54, 1.807) is 28.0 Å². The number of carbonyl (C=O) groups excluding carboxylic acids is 1. The van der Waals surface area contributed by atoms with Crippen LogP contribution >= 0.6 is 11.3 Å². The lowest BCUT2D eigenvalue weighted by atomic mass is 9.94. The van der Waals surface area contributed by atoms with E-state index in [9.17, 15) is 13.2 Å². The Bertz CT molecular complexity index is 1130. The summed E-state index contributed by atoms with van der Waals surface area (Å²) in [5.74, 6) is 0.405. The Kier molecular flexibility index (Phi) is 5.42. The Morgan fingerprint density at radius 1 is 1.10 bits per heavy atom. The molecule has 0 radical (unpaired) electrons. The van der Waals surface area contributed by atoms with Gasteiger partial charge in [0.1, 0.15) is 0 Å². The first-order valence-electron chi connectivity index (χ1n) is 9.58. The Hall–Kier alpha value is -2.29. The van der Waals surface area contributed by atoms with Gasteiger partial charge in [-0.15, -0.1) is 11.3 Å². The molecule has 0 bridgehead atoms. The van der Waals surface area contributed by atoms with Crippen LogP contribution in [0.2, 0.25) is 0 Å². The second-order valence-electron chi connectivity index (χ2n) is 7.78. The molecule has 152 valence electrons. The molecule has 1 amide bonds. The average Bonchev–Trinajstić information content (AvgIpc) is 3.15. The fourth-order valence-electron chi connectivity index (χ4n) is 3.87. The predicted octanol–water partition coefficient (Wildman–Crippen LogP) is 4.22. The summed E-state index contributed by atoms with van der Waals surface area (Å²) in [6, 6.07) is 11.7. The van der Waals surface area contributed by atoms with Crippen LogP contribution in [0.4, 0.5) is 5.69 Å². The number of sulfonamides is 1. The summed E-state index contributed by atoms with van der Waals surface area (Å²) in [4.78, 5) is 17.0. The third-order valence-electron chi connectivity index (χ3n) is 5.18. The summed E-state index contributed by atoms with van der Waals surface area (Å²) >= 11 is 1.51. The highest BCUT2D eigenvalue weighted by atomic mass is 32.2. The Labute approximate surface area is 174 Å². The minimum Gasteiger partial charge on any atom is -0.322 e. The van der Waals surface area contributed by atoms with Gasteiger partial charge >= 0.3 is 0 Å². The van der Waals surface area contributed by atoms with E-state index in [1.165, 1.54) is 23.5 Å². The highest BCUT2D eigenvalue weighted by Gasteiger charge is 2.31. The van der Waals surface area contributed by atoms with Crippen LogP contribution in [0.1, 0.15) is 30.6 Å². The molecule has 1 aliphatic rings. The number of nitrogens with one attached hydrogen (secondary N) is 1. The lowest BCUT2D eigenvalue weighted by molar-refractivity contribution is 0.102. The van der Waals surface area contributed by atoms with Crippen LogP contribution in [0.25, 0.3) is 10.2 Å². The standard InChI is InChI=1S/C21H23N3O3S2/c1-14-9-15(2)12-24(11-14)29(26,27)18-6-3-16(4-7-18)21(25)23-17-5-8-19-20(10-17)28-13-22-19/h3-8,10,13-15H,9,11-12H2,1-2H3,(H,23,25)/t14-,15-/m1/s1. The van der Waals surface area contributed by atoms with Crippen LogP contribution in [0.5, 0.6) is 0 Å². The largest absolute Gasteiger partial charge is 0.322 e. The van der Waals surface area contributed by atoms with Crippen LogP contribution in [-0.4, -0.2) is 36.7 Å². The van der Waals surface area contributed by atoms with Gasteiger partial charge in [-0.2, -0.15) is 4.31 Å². The van der Waals surface area contributed by atoms with Crippen molar-refractivity contribution in [1.29, 1.82) is 0 Å². The van der Waals surface area contributed by atoms with E-state index < -0.39 is 10.0 Å². The molecule has 1 fully saturated rings. The molecule has 2 atom stereocenters. The van der Waals surface area contributed by atoms with Gasteiger partial charge < -0.3 is 5.32 Å². The topological polar surface area (TPSA) is 79.4 Å². The van der Waals surface area contributed by atoms with E-state index in [4.69, 9.17) is 0 Å². The molecule has 2 heterocycles. The summed E-state index contributed by atoms with van der Waals surface area (Å²) in [5, 5.41) is 2.85. The first kappa shape index (κ1) is 20.0. The average molecular weight is 430 g/mol. The van der Waals surface area contributed by atoms with Crippen molar-refractivity contribution < 1.29 is 13.2 Å². The zero-order valence-corrected chi connectivity index (χ0v) is 18.0. The van der Waals surface area contributed by atoms with E-state index in [0.29, 0.717) is 36.2 Å².